The first-order valence-corrected chi connectivity index (χ1v) is 8.97. The van der Waals surface area contributed by atoms with E-state index in [0.717, 1.165) is 24.0 Å². The number of rotatable bonds is 1. The molecule has 2 aliphatic rings. The Morgan fingerprint density at radius 2 is 2.07 bits per heavy atom. The minimum atomic E-state index is -0.298. The summed E-state index contributed by atoms with van der Waals surface area (Å²) in [7, 11) is 1.42. The minimum absolute atomic E-state index is 0. The van der Waals surface area contributed by atoms with Gasteiger partial charge in [0.2, 0.25) is 0 Å². The summed E-state index contributed by atoms with van der Waals surface area (Å²) in [6, 6.07) is 10.4. The number of benzene rings is 1. The van der Waals surface area contributed by atoms with Crippen molar-refractivity contribution in [3.63, 3.8) is 0 Å². The number of ether oxygens (including phenoxy) is 2. The molecule has 0 fully saturated rings. The highest BCUT2D eigenvalue weighted by Gasteiger charge is 2.44. The first-order valence-electron chi connectivity index (χ1n) is 8.97. The van der Waals surface area contributed by atoms with Crippen molar-refractivity contribution in [3.05, 3.63) is 54.1 Å². The van der Waals surface area contributed by atoms with Crippen molar-refractivity contribution in [2.24, 2.45) is 11.8 Å². The second kappa shape index (κ2) is 6.53. The molecule has 6 heteroatoms. The van der Waals surface area contributed by atoms with E-state index in [1.54, 1.807) is 6.26 Å². The van der Waals surface area contributed by atoms with E-state index in [1.807, 2.05) is 18.2 Å². The smallest absolute Gasteiger partial charge is 0.337 e. The Labute approximate surface area is 162 Å². The Morgan fingerprint density at radius 1 is 1.26 bits per heavy atom. The van der Waals surface area contributed by atoms with Crippen LogP contribution >= 0.6 is 0 Å². The fourth-order valence-corrected chi connectivity index (χ4v) is 4.49. The summed E-state index contributed by atoms with van der Waals surface area (Å²) in [5, 5.41) is 2.35. The third-order valence-electron chi connectivity index (χ3n) is 5.89. The van der Waals surface area contributed by atoms with Gasteiger partial charge >= 0.3 is 5.97 Å². The van der Waals surface area contributed by atoms with Crippen molar-refractivity contribution in [3.8, 4) is 0 Å². The number of carbonyl (C=O) groups is 1. The van der Waals surface area contributed by atoms with Crippen LogP contribution in [0.5, 0.6) is 0 Å². The molecule has 0 radical (unpaired) electrons. The van der Waals surface area contributed by atoms with E-state index >= 15 is 0 Å². The maximum Gasteiger partial charge on any atom is 0.337 e. The predicted molar refractivity (Wildman–Crippen MR) is 108 cm³/mol. The molecule has 2 aliphatic heterocycles. The van der Waals surface area contributed by atoms with Crippen LogP contribution in [0.4, 0.5) is 0 Å². The lowest BCUT2D eigenvalue weighted by Crippen LogP contribution is -2.54. The lowest BCUT2D eigenvalue weighted by atomic mass is 9.76. The van der Waals surface area contributed by atoms with Gasteiger partial charge in [-0.1, -0.05) is 29.8 Å². The molecule has 0 spiro atoms. The number of fused-ring (bicyclic) bond motifs is 6. The first-order chi connectivity index (χ1) is 12.7. The third kappa shape index (κ3) is 2.58. The van der Waals surface area contributed by atoms with Gasteiger partial charge in [0.15, 0.2) is 18.4 Å². The number of nitrogens with zero attached hydrogens (tertiary/aromatic N) is 2. The Bertz CT molecular complexity index is 1070. The average Bonchev–Trinajstić information content (AvgIpc) is 3.06. The van der Waals surface area contributed by atoms with Crippen molar-refractivity contribution >= 4 is 38.7 Å². The zero-order valence-electron chi connectivity index (χ0n) is 14.8. The Hall–Kier alpha value is -2.60. The molecule has 0 bridgehead atoms. The van der Waals surface area contributed by atoms with Gasteiger partial charge in [0.25, 0.3) is 0 Å². The summed E-state index contributed by atoms with van der Waals surface area (Å²) >= 11 is 0. The van der Waals surface area contributed by atoms with E-state index in [2.05, 4.69) is 29.8 Å². The SMILES string of the molecule is COC(=O)C1=CO[C@@H](C)[C@H]2C[n+]3ccc4c([n-]c5ccccc54)c3C[C@H]12.[SiH4]. The number of methoxy groups -OCH3 is 1. The van der Waals surface area contributed by atoms with Gasteiger partial charge < -0.3 is 14.5 Å². The summed E-state index contributed by atoms with van der Waals surface area (Å²) < 4.78 is 13.0. The third-order valence-corrected chi connectivity index (χ3v) is 5.89. The minimum Gasteiger partial charge on any atom is -0.652 e. The molecule has 2 aromatic heterocycles. The highest BCUT2D eigenvalue weighted by atomic mass is 28.1. The van der Waals surface area contributed by atoms with Crippen LogP contribution in [0.2, 0.25) is 0 Å². The summed E-state index contributed by atoms with van der Waals surface area (Å²) in [4.78, 5) is 17.1. The van der Waals surface area contributed by atoms with Crippen molar-refractivity contribution in [1.82, 2.24) is 4.98 Å². The topological polar surface area (TPSA) is 53.5 Å². The summed E-state index contributed by atoms with van der Waals surface area (Å²) in [6.45, 7) is 2.88. The molecule has 0 saturated carbocycles. The molecule has 27 heavy (non-hydrogen) atoms. The summed E-state index contributed by atoms with van der Waals surface area (Å²) in [5.41, 5.74) is 3.87. The van der Waals surface area contributed by atoms with Crippen LogP contribution < -0.4 is 9.55 Å². The number of aromatic nitrogens is 2. The maximum absolute atomic E-state index is 12.3. The van der Waals surface area contributed by atoms with Crippen LogP contribution in [0.1, 0.15) is 12.6 Å². The van der Waals surface area contributed by atoms with Crippen LogP contribution in [-0.4, -0.2) is 30.1 Å². The van der Waals surface area contributed by atoms with E-state index in [0.29, 0.717) is 5.57 Å². The van der Waals surface area contributed by atoms with Gasteiger partial charge in [0.1, 0.15) is 6.10 Å². The van der Waals surface area contributed by atoms with Crippen LogP contribution in [0.15, 0.2) is 48.4 Å². The van der Waals surface area contributed by atoms with Crippen molar-refractivity contribution in [1.29, 1.82) is 0 Å². The molecule has 0 aliphatic carbocycles. The second-order valence-electron chi connectivity index (χ2n) is 7.19. The standard InChI is InChI=1S/C21H20N2O3.H4Si/c1-12-16-10-23-8-7-14-13-5-3-4-6-18(13)22-20(14)19(23)9-15(16)17(11-26-12)21(24)25-2;/h3-8,11-12,15-16H,9-10H2,1-2H3;1H4/t12-,15-,16+;/m0./s1. The lowest BCUT2D eigenvalue weighted by molar-refractivity contribution is -0.717. The van der Waals surface area contributed by atoms with Gasteiger partial charge in [0, 0.05) is 18.4 Å². The highest BCUT2D eigenvalue weighted by molar-refractivity contribution is 6.07. The molecule has 1 aromatic carbocycles. The van der Waals surface area contributed by atoms with Crippen molar-refractivity contribution < 1.29 is 18.8 Å². The van der Waals surface area contributed by atoms with E-state index in [-0.39, 0.29) is 34.9 Å². The van der Waals surface area contributed by atoms with Gasteiger partial charge in [-0.05, 0) is 28.7 Å². The Kier molecular flexibility index (Phi) is 4.30. The van der Waals surface area contributed by atoms with Gasteiger partial charge in [-0.3, -0.25) is 0 Å². The highest BCUT2D eigenvalue weighted by Crippen LogP contribution is 2.38. The number of esters is 1. The lowest BCUT2D eigenvalue weighted by Gasteiger charge is -2.37. The van der Waals surface area contributed by atoms with Gasteiger partial charge in [-0.25, -0.2) is 9.36 Å². The molecule has 5 rings (SSSR count). The number of carbonyl (C=O) groups excluding carboxylic acids is 1. The summed E-state index contributed by atoms with van der Waals surface area (Å²) in [6.07, 6.45) is 4.57. The second-order valence-corrected chi connectivity index (χ2v) is 7.19. The zero-order chi connectivity index (χ0) is 17.8. The molecule has 0 N–H and O–H groups in total. The van der Waals surface area contributed by atoms with Crippen LogP contribution in [0.25, 0.3) is 21.8 Å². The fraction of sp³-hybridized carbons (Fsp3) is 0.333. The predicted octanol–water partition coefficient (Wildman–Crippen LogP) is 1.05. The largest absolute Gasteiger partial charge is 0.652 e. The zero-order valence-corrected chi connectivity index (χ0v) is 14.8. The van der Waals surface area contributed by atoms with Crippen LogP contribution in [0, 0.1) is 11.8 Å². The average molecular weight is 381 g/mol. The monoisotopic (exact) mass is 380 g/mol. The number of pyridine rings is 1. The van der Waals surface area contributed by atoms with E-state index in [1.165, 1.54) is 23.6 Å². The first kappa shape index (κ1) is 17.8. The number of hydrogen-bond donors (Lipinski definition) is 0. The quantitative estimate of drug-likeness (QED) is 0.360. The molecule has 0 unspecified atom stereocenters. The van der Waals surface area contributed by atoms with Crippen molar-refractivity contribution in [2.75, 3.05) is 7.11 Å². The molecule has 140 valence electrons. The van der Waals surface area contributed by atoms with Gasteiger partial charge in [0.05, 0.1) is 24.9 Å². The molecule has 0 amide bonds. The van der Waals surface area contributed by atoms with E-state index < -0.39 is 0 Å². The van der Waals surface area contributed by atoms with Crippen LogP contribution in [0.3, 0.4) is 0 Å². The molecule has 0 saturated heterocycles. The Morgan fingerprint density at radius 3 is 2.89 bits per heavy atom. The number of hydrogen-bond acceptors (Lipinski definition) is 3. The van der Waals surface area contributed by atoms with E-state index in [4.69, 9.17) is 14.5 Å². The Balaban J connectivity index is 0.00000180. The fourth-order valence-electron chi connectivity index (χ4n) is 4.49. The molecular formula is C21H24N2O3Si. The molecule has 5 nitrogen and oxygen atoms in total. The van der Waals surface area contributed by atoms with Gasteiger partial charge in [-0.2, -0.15) is 0 Å². The maximum atomic E-state index is 12.3. The molecule has 4 heterocycles. The summed E-state index contributed by atoms with van der Waals surface area (Å²) in [5.74, 6) is 0.0400. The van der Waals surface area contributed by atoms with Gasteiger partial charge in [-0.15, -0.1) is 5.52 Å². The normalized spacial score (nSPS) is 23.6. The number of para-hydroxylation sites is 1. The van der Waals surface area contributed by atoms with Crippen LogP contribution in [-0.2, 0) is 27.2 Å². The van der Waals surface area contributed by atoms with E-state index in [9.17, 15) is 4.79 Å². The molecule has 3 atom stereocenters. The molecular weight excluding hydrogens is 356 g/mol. The van der Waals surface area contributed by atoms with Crippen molar-refractivity contribution in [2.45, 2.75) is 26.0 Å². The molecule has 3 aromatic rings.